The number of benzene rings is 1. The lowest BCUT2D eigenvalue weighted by Crippen LogP contribution is -2.37. The van der Waals surface area contributed by atoms with Crippen LogP contribution < -0.4 is 5.32 Å². The van der Waals surface area contributed by atoms with Gasteiger partial charge in [0.1, 0.15) is 5.76 Å². The van der Waals surface area contributed by atoms with Crippen molar-refractivity contribution in [1.29, 1.82) is 0 Å². The summed E-state index contributed by atoms with van der Waals surface area (Å²) in [5, 5.41) is 4.50. The molecule has 0 aliphatic carbocycles. The SMILES string of the molecule is Fc1cccc2cc(C3CC4CCC(C3)N4)oc12. The Hall–Kier alpha value is -1.35. The monoisotopic (exact) mass is 245 g/mol. The van der Waals surface area contributed by atoms with Gasteiger partial charge in [0.15, 0.2) is 11.4 Å². The standard InChI is InChI=1S/C15H16FNO/c16-13-3-1-2-9-8-14(18-15(9)13)10-6-11-4-5-12(7-10)17-11/h1-3,8,10-12,17H,4-7H2. The number of fused-ring (bicyclic) bond motifs is 3. The summed E-state index contributed by atoms with van der Waals surface area (Å²) in [6, 6.07) is 8.40. The highest BCUT2D eigenvalue weighted by Crippen LogP contribution is 2.39. The van der Waals surface area contributed by atoms with Gasteiger partial charge >= 0.3 is 0 Å². The highest BCUT2D eigenvalue weighted by Gasteiger charge is 2.35. The van der Waals surface area contributed by atoms with Crippen molar-refractivity contribution in [3.05, 3.63) is 35.8 Å². The predicted octanol–water partition coefficient (Wildman–Crippen LogP) is 3.57. The molecule has 2 aliphatic heterocycles. The van der Waals surface area contributed by atoms with Crippen molar-refractivity contribution in [3.63, 3.8) is 0 Å². The number of piperidine rings is 1. The molecular formula is C15H16FNO. The molecule has 1 aromatic carbocycles. The number of hydrogen-bond acceptors (Lipinski definition) is 2. The molecule has 18 heavy (non-hydrogen) atoms. The quantitative estimate of drug-likeness (QED) is 0.830. The number of hydrogen-bond donors (Lipinski definition) is 1. The minimum absolute atomic E-state index is 0.254. The molecule has 2 fully saturated rings. The van der Waals surface area contributed by atoms with Gasteiger partial charge in [-0.2, -0.15) is 0 Å². The highest BCUT2D eigenvalue weighted by molar-refractivity contribution is 5.78. The Labute approximate surface area is 105 Å². The van der Waals surface area contributed by atoms with E-state index < -0.39 is 0 Å². The van der Waals surface area contributed by atoms with Crippen LogP contribution in [0.4, 0.5) is 4.39 Å². The average molecular weight is 245 g/mol. The molecule has 1 N–H and O–H groups in total. The molecule has 2 saturated heterocycles. The number of para-hydroxylation sites is 1. The van der Waals surface area contributed by atoms with Crippen LogP contribution in [0, 0.1) is 5.82 Å². The van der Waals surface area contributed by atoms with Gasteiger partial charge in [0.05, 0.1) is 0 Å². The minimum atomic E-state index is -0.254. The topological polar surface area (TPSA) is 25.2 Å². The van der Waals surface area contributed by atoms with E-state index in [1.54, 1.807) is 6.07 Å². The Morgan fingerprint density at radius 1 is 1.17 bits per heavy atom. The summed E-state index contributed by atoms with van der Waals surface area (Å²) in [6.45, 7) is 0. The van der Waals surface area contributed by atoms with Crippen LogP contribution >= 0.6 is 0 Å². The van der Waals surface area contributed by atoms with Gasteiger partial charge in [-0.05, 0) is 37.8 Å². The van der Waals surface area contributed by atoms with Crippen LogP contribution in [0.25, 0.3) is 11.0 Å². The Morgan fingerprint density at radius 3 is 2.67 bits per heavy atom. The second-order valence-electron chi connectivity index (χ2n) is 5.61. The lowest BCUT2D eigenvalue weighted by atomic mass is 9.90. The molecule has 2 unspecified atom stereocenters. The van der Waals surface area contributed by atoms with E-state index in [1.165, 1.54) is 18.9 Å². The maximum absolute atomic E-state index is 13.6. The molecule has 3 heteroatoms. The maximum Gasteiger partial charge on any atom is 0.169 e. The Bertz CT molecular complexity index is 579. The second-order valence-corrected chi connectivity index (χ2v) is 5.61. The zero-order chi connectivity index (χ0) is 12.1. The number of furan rings is 1. The van der Waals surface area contributed by atoms with Gasteiger partial charge in [0, 0.05) is 23.4 Å². The van der Waals surface area contributed by atoms with E-state index in [0.29, 0.717) is 23.6 Å². The van der Waals surface area contributed by atoms with Crippen molar-refractivity contribution in [2.75, 3.05) is 0 Å². The summed E-state index contributed by atoms with van der Waals surface area (Å²) in [6.07, 6.45) is 4.79. The molecule has 2 bridgehead atoms. The number of nitrogens with one attached hydrogen (secondary N) is 1. The smallest absolute Gasteiger partial charge is 0.169 e. The van der Waals surface area contributed by atoms with Crippen molar-refractivity contribution in [1.82, 2.24) is 5.32 Å². The van der Waals surface area contributed by atoms with E-state index in [9.17, 15) is 4.39 Å². The highest BCUT2D eigenvalue weighted by atomic mass is 19.1. The molecule has 2 aromatic rings. The molecule has 3 heterocycles. The van der Waals surface area contributed by atoms with E-state index in [-0.39, 0.29) is 5.82 Å². The average Bonchev–Trinajstić information content (AvgIpc) is 2.94. The zero-order valence-electron chi connectivity index (χ0n) is 10.2. The Kier molecular flexibility index (Phi) is 2.24. The third-order valence-corrected chi connectivity index (χ3v) is 4.39. The normalized spacial score (nSPS) is 31.1. The molecular weight excluding hydrogens is 229 g/mol. The Morgan fingerprint density at radius 2 is 1.94 bits per heavy atom. The third kappa shape index (κ3) is 1.57. The molecule has 4 rings (SSSR count). The lowest BCUT2D eigenvalue weighted by Gasteiger charge is -2.27. The first-order valence-corrected chi connectivity index (χ1v) is 6.73. The first kappa shape index (κ1) is 10.6. The van der Waals surface area contributed by atoms with Crippen molar-refractivity contribution in [2.45, 2.75) is 43.7 Å². The van der Waals surface area contributed by atoms with Gasteiger partial charge in [-0.3, -0.25) is 0 Å². The van der Waals surface area contributed by atoms with Crippen molar-refractivity contribution in [2.24, 2.45) is 0 Å². The van der Waals surface area contributed by atoms with Crippen LogP contribution in [0.3, 0.4) is 0 Å². The first-order chi connectivity index (χ1) is 8.79. The van der Waals surface area contributed by atoms with Gasteiger partial charge in [-0.1, -0.05) is 12.1 Å². The third-order valence-electron chi connectivity index (χ3n) is 4.39. The van der Waals surface area contributed by atoms with Crippen molar-refractivity contribution in [3.8, 4) is 0 Å². The largest absolute Gasteiger partial charge is 0.458 e. The number of halogens is 1. The van der Waals surface area contributed by atoms with Crippen LogP contribution in [-0.4, -0.2) is 12.1 Å². The summed E-state index contributed by atoms with van der Waals surface area (Å²) >= 11 is 0. The fourth-order valence-corrected chi connectivity index (χ4v) is 3.54. The van der Waals surface area contributed by atoms with Crippen molar-refractivity contribution >= 4 is 11.0 Å². The van der Waals surface area contributed by atoms with Gasteiger partial charge < -0.3 is 9.73 Å². The van der Waals surface area contributed by atoms with Crippen LogP contribution in [-0.2, 0) is 0 Å². The summed E-state index contributed by atoms with van der Waals surface area (Å²) < 4.78 is 19.4. The van der Waals surface area contributed by atoms with Crippen LogP contribution in [0.2, 0.25) is 0 Å². The maximum atomic E-state index is 13.6. The van der Waals surface area contributed by atoms with Gasteiger partial charge in [0.25, 0.3) is 0 Å². The van der Waals surface area contributed by atoms with E-state index in [2.05, 4.69) is 5.32 Å². The molecule has 2 aliphatic rings. The molecule has 2 nitrogen and oxygen atoms in total. The fraction of sp³-hybridized carbons (Fsp3) is 0.467. The van der Waals surface area contributed by atoms with E-state index in [0.717, 1.165) is 24.0 Å². The molecule has 1 aromatic heterocycles. The summed E-state index contributed by atoms with van der Waals surface area (Å²) in [7, 11) is 0. The van der Waals surface area contributed by atoms with Crippen LogP contribution in [0.1, 0.15) is 37.4 Å². The predicted molar refractivity (Wildman–Crippen MR) is 68.1 cm³/mol. The van der Waals surface area contributed by atoms with E-state index in [4.69, 9.17) is 4.42 Å². The molecule has 0 amide bonds. The van der Waals surface area contributed by atoms with Crippen molar-refractivity contribution < 1.29 is 8.81 Å². The van der Waals surface area contributed by atoms with Crippen LogP contribution in [0.15, 0.2) is 28.7 Å². The minimum Gasteiger partial charge on any atom is -0.458 e. The number of rotatable bonds is 1. The molecule has 0 radical (unpaired) electrons. The molecule has 0 spiro atoms. The summed E-state index contributed by atoms with van der Waals surface area (Å²) in [4.78, 5) is 0. The van der Waals surface area contributed by atoms with E-state index >= 15 is 0 Å². The first-order valence-electron chi connectivity index (χ1n) is 6.73. The van der Waals surface area contributed by atoms with E-state index in [1.807, 2.05) is 12.1 Å². The molecule has 2 atom stereocenters. The summed E-state index contributed by atoms with van der Waals surface area (Å²) in [5.74, 6) is 1.17. The fourth-order valence-electron chi connectivity index (χ4n) is 3.54. The van der Waals surface area contributed by atoms with Gasteiger partial charge in [-0.25, -0.2) is 4.39 Å². The second kappa shape index (κ2) is 3.82. The van der Waals surface area contributed by atoms with Crippen LogP contribution in [0.5, 0.6) is 0 Å². The molecule has 94 valence electrons. The Balaban J connectivity index is 1.72. The van der Waals surface area contributed by atoms with Gasteiger partial charge in [-0.15, -0.1) is 0 Å². The summed E-state index contributed by atoms with van der Waals surface area (Å²) in [5.41, 5.74) is 0.415. The zero-order valence-corrected chi connectivity index (χ0v) is 10.2. The molecule has 0 saturated carbocycles. The lowest BCUT2D eigenvalue weighted by molar-refractivity contribution is 0.328. The van der Waals surface area contributed by atoms with Gasteiger partial charge in [0.2, 0.25) is 0 Å².